The van der Waals surface area contributed by atoms with Gasteiger partial charge in [0.2, 0.25) is 0 Å². The predicted molar refractivity (Wildman–Crippen MR) is 84.8 cm³/mol. The van der Waals surface area contributed by atoms with Crippen LogP contribution in [-0.4, -0.2) is 19.3 Å². The molecule has 0 aliphatic carbocycles. The fourth-order valence-corrected chi connectivity index (χ4v) is 3.01. The SMILES string of the molecule is Clc1cc(Cl)cc(-c2ccc(CNC[C@@H]3CCCO3)o2)c1. The smallest absolute Gasteiger partial charge is 0.134 e. The lowest BCUT2D eigenvalue weighted by molar-refractivity contribution is 0.109. The van der Waals surface area contributed by atoms with Crippen molar-refractivity contribution in [3.8, 4) is 11.3 Å². The van der Waals surface area contributed by atoms with Crippen LogP contribution >= 0.6 is 23.2 Å². The van der Waals surface area contributed by atoms with Crippen molar-refractivity contribution in [2.75, 3.05) is 13.2 Å². The topological polar surface area (TPSA) is 34.4 Å². The van der Waals surface area contributed by atoms with Crippen LogP contribution in [0.4, 0.5) is 0 Å². The van der Waals surface area contributed by atoms with Crippen molar-refractivity contribution < 1.29 is 9.15 Å². The summed E-state index contributed by atoms with van der Waals surface area (Å²) < 4.78 is 11.4. The molecule has 112 valence electrons. The average Bonchev–Trinajstić information content (AvgIpc) is 3.09. The molecule has 1 fully saturated rings. The maximum Gasteiger partial charge on any atom is 0.134 e. The minimum absolute atomic E-state index is 0.339. The van der Waals surface area contributed by atoms with Gasteiger partial charge in [-0.15, -0.1) is 0 Å². The molecule has 1 atom stereocenters. The zero-order valence-electron chi connectivity index (χ0n) is 11.6. The van der Waals surface area contributed by atoms with Crippen LogP contribution in [0.5, 0.6) is 0 Å². The fourth-order valence-electron chi connectivity index (χ4n) is 2.49. The molecule has 3 rings (SSSR count). The van der Waals surface area contributed by atoms with Gasteiger partial charge in [0, 0.05) is 28.8 Å². The van der Waals surface area contributed by atoms with E-state index in [1.165, 1.54) is 0 Å². The zero-order chi connectivity index (χ0) is 14.7. The highest BCUT2D eigenvalue weighted by molar-refractivity contribution is 6.35. The van der Waals surface area contributed by atoms with Crippen molar-refractivity contribution in [1.82, 2.24) is 5.32 Å². The van der Waals surface area contributed by atoms with Gasteiger partial charge in [-0.25, -0.2) is 0 Å². The van der Waals surface area contributed by atoms with Gasteiger partial charge < -0.3 is 14.5 Å². The van der Waals surface area contributed by atoms with E-state index in [0.29, 0.717) is 22.7 Å². The first-order chi connectivity index (χ1) is 10.2. The maximum atomic E-state index is 6.01. The van der Waals surface area contributed by atoms with Crippen LogP contribution in [0.2, 0.25) is 10.0 Å². The second-order valence-corrected chi connectivity index (χ2v) is 6.06. The van der Waals surface area contributed by atoms with Gasteiger partial charge in [-0.2, -0.15) is 0 Å². The Hall–Kier alpha value is -1.00. The van der Waals surface area contributed by atoms with Gasteiger partial charge in [0.05, 0.1) is 12.6 Å². The Kier molecular flexibility index (Phi) is 4.86. The summed E-state index contributed by atoms with van der Waals surface area (Å²) in [6.07, 6.45) is 2.63. The summed E-state index contributed by atoms with van der Waals surface area (Å²) >= 11 is 12.0. The number of nitrogens with one attached hydrogen (secondary N) is 1. The lowest BCUT2D eigenvalue weighted by atomic mass is 10.2. The molecule has 0 amide bonds. The van der Waals surface area contributed by atoms with Gasteiger partial charge in [-0.3, -0.25) is 0 Å². The minimum Gasteiger partial charge on any atom is -0.460 e. The van der Waals surface area contributed by atoms with Crippen LogP contribution in [0.25, 0.3) is 11.3 Å². The highest BCUT2D eigenvalue weighted by atomic mass is 35.5. The largest absolute Gasteiger partial charge is 0.460 e. The van der Waals surface area contributed by atoms with Gasteiger partial charge in [0.15, 0.2) is 0 Å². The number of ether oxygens (including phenoxy) is 1. The van der Waals surface area contributed by atoms with Crippen LogP contribution in [0.15, 0.2) is 34.7 Å². The number of hydrogen-bond donors (Lipinski definition) is 1. The van der Waals surface area contributed by atoms with Crippen molar-refractivity contribution in [1.29, 1.82) is 0 Å². The number of rotatable bonds is 5. The molecule has 1 aromatic carbocycles. The summed E-state index contributed by atoms with van der Waals surface area (Å²) in [5.74, 6) is 1.66. The molecule has 0 unspecified atom stereocenters. The third kappa shape index (κ3) is 4.01. The molecule has 1 saturated heterocycles. The van der Waals surface area contributed by atoms with Crippen LogP contribution in [0.3, 0.4) is 0 Å². The first-order valence-corrected chi connectivity index (χ1v) is 7.84. The summed E-state index contributed by atoms with van der Waals surface area (Å²) in [6, 6.07) is 9.29. The molecule has 0 bridgehead atoms. The van der Waals surface area contributed by atoms with E-state index in [9.17, 15) is 0 Å². The van der Waals surface area contributed by atoms with Crippen molar-refractivity contribution >= 4 is 23.2 Å². The highest BCUT2D eigenvalue weighted by Gasteiger charge is 2.15. The van der Waals surface area contributed by atoms with Gasteiger partial charge in [-0.1, -0.05) is 23.2 Å². The fraction of sp³-hybridized carbons (Fsp3) is 0.375. The van der Waals surface area contributed by atoms with E-state index in [0.717, 1.165) is 43.1 Å². The van der Waals surface area contributed by atoms with Crippen molar-refractivity contribution in [3.05, 3.63) is 46.1 Å². The molecule has 1 N–H and O–H groups in total. The van der Waals surface area contributed by atoms with E-state index in [2.05, 4.69) is 5.32 Å². The number of benzene rings is 1. The van der Waals surface area contributed by atoms with E-state index in [1.807, 2.05) is 24.3 Å². The average molecular weight is 326 g/mol. The highest BCUT2D eigenvalue weighted by Crippen LogP contribution is 2.28. The van der Waals surface area contributed by atoms with E-state index in [4.69, 9.17) is 32.4 Å². The molecular weight excluding hydrogens is 309 g/mol. The summed E-state index contributed by atoms with van der Waals surface area (Å²) in [6.45, 7) is 2.43. The predicted octanol–water partition coefficient (Wildman–Crippen LogP) is 4.52. The number of halogens is 2. The molecule has 0 saturated carbocycles. The summed E-state index contributed by atoms with van der Waals surface area (Å²) in [5.41, 5.74) is 0.887. The summed E-state index contributed by atoms with van der Waals surface area (Å²) in [5, 5.41) is 4.57. The molecule has 1 aromatic heterocycles. The normalized spacial score (nSPS) is 18.3. The molecular formula is C16H17Cl2NO2. The second kappa shape index (κ2) is 6.84. The van der Waals surface area contributed by atoms with Gasteiger partial charge in [0.25, 0.3) is 0 Å². The lowest BCUT2D eigenvalue weighted by Crippen LogP contribution is -2.25. The number of hydrogen-bond acceptors (Lipinski definition) is 3. The van der Waals surface area contributed by atoms with Crippen molar-refractivity contribution in [2.24, 2.45) is 0 Å². The Labute approximate surface area is 134 Å². The Morgan fingerprint density at radius 3 is 2.67 bits per heavy atom. The van der Waals surface area contributed by atoms with Gasteiger partial charge >= 0.3 is 0 Å². The molecule has 1 aliphatic heterocycles. The Balaban J connectivity index is 1.60. The molecule has 1 aliphatic rings. The quantitative estimate of drug-likeness (QED) is 0.877. The third-order valence-corrected chi connectivity index (χ3v) is 3.94. The molecule has 2 aromatic rings. The summed E-state index contributed by atoms with van der Waals surface area (Å²) in [7, 11) is 0. The van der Waals surface area contributed by atoms with Crippen LogP contribution < -0.4 is 5.32 Å². The Bertz CT molecular complexity index is 586. The minimum atomic E-state index is 0.339. The van der Waals surface area contributed by atoms with Crippen LogP contribution in [0.1, 0.15) is 18.6 Å². The van der Waals surface area contributed by atoms with Crippen LogP contribution in [0, 0.1) is 0 Å². The monoisotopic (exact) mass is 325 g/mol. The van der Waals surface area contributed by atoms with E-state index < -0.39 is 0 Å². The lowest BCUT2D eigenvalue weighted by Gasteiger charge is -2.09. The van der Waals surface area contributed by atoms with Crippen molar-refractivity contribution in [3.63, 3.8) is 0 Å². The third-order valence-electron chi connectivity index (χ3n) is 3.50. The standard InChI is InChI=1S/C16H17Cl2NO2/c17-12-6-11(7-13(18)8-12)16-4-3-15(21-16)10-19-9-14-2-1-5-20-14/h3-4,6-8,14,19H,1-2,5,9-10H2/t14-/m0/s1. The molecule has 2 heterocycles. The number of furan rings is 1. The first-order valence-electron chi connectivity index (χ1n) is 7.08. The van der Waals surface area contributed by atoms with E-state index >= 15 is 0 Å². The van der Waals surface area contributed by atoms with Gasteiger partial charge in [0.1, 0.15) is 11.5 Å². The molecule has 3 nitrogen and oxygen atoms in total. The Morgan fingerprint density at radius 1 is 1.14 bits per heavy atom. The molecule has 0 radical (unpaired) electrons. The zero-order valence-corrected chi connectivity index (χ0v) is 13.1. The summed E-state index contributed by atoms with van der Waals surface area (Å²) in [4.78, 5) is 0. The van der Waals surface area contributed by atoms with Crippen LogP contribution in [-0.2, 0) is 11.3 Å². The molecule has 0 spiro atoms. The van der Waals surface area contributed by atoms with E-state index in [-0.39, 0.29) is 0 Å². The maximum absolute atomic E-state index is 6.01. The first kappa shape index (κ1) is 14.9. The van der Waals surface area contributed by atoms with Gasteiger partial charge in [-0.05, 0) is 43.2 Å². The second-order valence-electron chi connectivity index (χ2n) is 5.19. The van der Waals surface area contributed by atoms with E-state index in [1.54, 1.807) is 6.07 Å². The molecule has 5 heteroatoms. The molecule has 21 heavy (non-hydrogen) atoms. The van der Waals surface area contributed by atoms with Crippen molar-refractivity contribution in [2.45, 2.75) is 25.5 Å². The Morgan fingerprint density at radius 2 is 1.95 bits per heavy atom.